The molecule has 1 aromatic rings. The Morgan fingerprint density at radius 2 is 1.08 bits per heavy atom. The number of H-pyrrole nitrogens is 1. The second kappa shape index (κ2) is 31.9. The number of carboxylic acids is 1. The molecule has 0 radical (unpaired) electrons. The number of quaternary nitrogens is 3. The van der Waals surface area contributed by atoms with Gasteiger partial charge in [0, 0.05) is 24.7 Å². The van der Waals surface area contributed by atoms with Crippen molar-refractivity contribution in [2.75, 3.05) is 32.7 Å². The minimum absolute atomic E-state index is 0.0426. The van der Waals surface area contributed by atoms with E-state index in [4.69, 9.17) is 22.9 Å². The fourth-order valence-corrected chi connectivity index (χ4v) is 6.41. The van der Waals surface area contributed by atoms with Crippen LogP contribution < -0.4 is 82.7 Å². The number of amides is 6. The van der Waals surface area contributed by atoms with E-state index in [2.05, 4.69) is 69.7 Å². The Morgan fingerprint density at radius 1 is 0.651 bits per heavy atom. The van der Waals surface area contributed by atoms with Crippen molar-refractivity contribution in [3.63, 3.8) is 0 Å². The molecule has 25 nitrogen and oxygen atoms in total. The van der Waals surface area contributed by atoms with Crippen LogP contribution in [0.1, 0.15) is 90.2 Å². The number of nitrogens with two attached hydrogens (primary N) is 4. The molecule has 0 spiro atoms. The van der Waals surface area contributed by atoms with Gasteiger partial charge < -0.3 is 82.1 Å². The summed E-state index contributed by atoms with van der Waals surface area (Å²) in [4.78, 5) is 100. The summed E-state index contributed by atoms with van der Waals surface area (Å²) in [6.45, 7) is 5.19. The third-order valence-corrected chi connectivity index (χ3v) is 9.78. The predicted octanol–water partition coefficient (Wildman–Crippen LogP) is -7.80. The summed E-state index contributed by atoms with van der Waals surface area (Å²) < 4.78 is 0. The molecule has 0 aliphatic rings. The molecule has 6 atom stereocenters. The molecule has 0 bridgehead atoms. The van der Waals surface area contributed by atoms with E-state index >= 15 is 0 Å². The van der Waals surface area contributed by atoms with Crippen LogP contribution in [0.15, 0.2) is 12.5 Å². The molecule has 1 aromatic heterocycles. The van der Waals surface area contributed by atoms with E-state index in [1.54, 1.807) is 0 Å². The smallest absolute Gasteiger partial charge is 0.326 e. The zero-order chi connectivity index (χ0) is 47.3. The van der Waals surface area contributed by atoms with Crippen LogP contribution >= 0.6 is 0 Å². The average molecular weight is 901 g/mol. The molecule has 63 heavy (non-hydrogen) atoms. The lowest BCUT2D eigenvalue weighted by molar-refractivity contribution is -0.406. The highest BCUT2D eigenvalue weighted by Gasteiger charge is 2.33. The number of nitrogens with one attached hydrogen (secondary N) is 9. The zero-order valence-electron chi connectivity index (χ0n) is 37.1. The fourth-order valence-electron chi connectivity index (χ4n) is 6.41. The monoisotopic (exact) mass is 901 g/mol. The number of carboxylic acid groups (broad SMARTS) is 1. The number of rotatable bonds is 35. The topological polar surface area (TPSA) is 452 Å². The number of unbranched alkanes of at least 4 members (excludes halogenated alkanes) is 2. The standard InChI is InChI=1S/C38H75N17O8/c1-22(2)17-24(41)31(57)49-20-30(56)51-25(9-3-5-13-39)32(58)53-27(11-7-15-47-37(42)43)34(60)52-26(10-4-6-14-40)33(59)54-28(12-8-16-48-38(44)45)35(61)55-29(36(62)63)18-23-19-46-21-50-23/h19,21-22,24-29,37-38,47-48H,3-18,20,39-45H2,1-2H3,(H,46,50)(H,49,57)(H,51,56)(H,52,60)(H,53,58)(H,54,59)(H,55,61)(H,62,63)/p+3/t24-,25-,26-,27-,28-,29-/m0/s1. The minimum Gasteiger partial charge on any atom is -0.480 e. The quantitative estimate of drug-likeness (QED) is 0.0222. The maximum absolute atomic E-state index is 14.1. The van der Waals surface area contributed by atoms with Gasteiger partial charge in [0.25, 0.3) is 5.91 Å². The van der Waals surface area contributed by atoms with Crippen LogP contribution in [0.4, 0.5) is 0 Å². The van der Waals surface area contributed by atoms with Gasteiger partial charge in [0.05, 0.1) is 26.0 Å². The summed E-state index contributed by atoms with van der Waals surface area (Å²) in [5.74, 6) is -5.00. The van der Waals surface area contributed by atoms with Gasteiger partial charge in [-0.05, 0) is 83.2 Å². The predicted molar refractivity (Wildman–Crippen MR) is 231 cm³/mol. The van der Waals surface area contributed by atoms with Gasteiger partial charge in [-0.2, -0.15) is 0 Å². The SMILES string of the molecule is CC(C)C[C@H]([NH3+])C(=O)NCC(=O)N[C@@H](CCCC[NH3+])C(=O)N[C@@H](CCCNC(N)N)C(=O)N[C@@H](CCCC[NH3+])C(=O)N[C@@H](CCCNC(N)N)C(=O)N[C@@H](Cc1cnc[nH]1)C(=O)O. The highest BCUT2D eigenvalue weighted by Crippen LogP contribution is 2.09. The van der Waals surface area contributed by atoms with Crippen molar-refractivity contribution in [3.8, 4) is 0 Å². The second-order valence-corrected chi connectivity index (χ2v) is 16.0. The van der Waals surface area contributed by atoms with E-state index < -0.39 is 96.8 Å². The third-order valence-electron chi connectivity index (χ3n) is 9.78. The fraction of sp³-hybridized carbons (Fsp3) is 0.737. The minimum atomic E-state index is -1.37. The van der Waals surface area contributed by atoms with Gasteiger partial charge in [0.15, 0.2) is 6.04 Å². The van der Waals surface area contributed by atoms with Crippen molar-refractivity contribution in [2.24, 2.45) is 28.9 Å². The van der Waals surface area contributed by atoms with Crippen molar-refractivity contribution in [1.82, 2.24) is 52.5 Å². The molecule has 0 aromatic carbocycles. The lowest BCUT2D eigenvalue weighted by Gasteiger charge is -2.27. The number of hydrogen-bond acceptors (Lipinski definition) is 14. The molecular weight excluding hydrogens is 823 g/mol. The van der Waals surface area contributed by atoms with Crippen LogP contribution in [0.5, 0.6) is 0 Å². The number of carbonyl (C=O) groups excluding carboxylic acids is 6. The van der Waals surface area contributed by atoms with E-state index in [0.29, 0.717) is 63.7 Å². The summed E-state index contributed by atoms with van der Waals surface area (Å²) in [5.41, 5.74) is 34.5. The lowest BCUT2D eigenvalue weighted by Crippen LogP contribution is -2.68. The average Bonchev–Trinajstić information content (AvgIpc) is 3.73. The summed E-state index contributed by atoms with van der Waals surface area (Å²) >= 11 is 0. The maximum Gasteiger partial charge on any atom is 0.326 e. The van der Waals surface area contributed by atoms with Gasteiger partial charge in [0.1, 0.15) is 42.8 Å². The van der Waals surface area contributed by atoms with Crippen molar-refractivity contribution < 1.29 is 55.9 Å². The first-order valence-electron chi connectivity index (χ1n) is 21.8. The number of carbonyl (C=O) groups is 7. The zero-order valence-corrected chi connectivity index (χ0v) is 37.1. The van der Waals surface area contributed by atoms with E-state index in [9.17, 15) is 38.7 Å². The van der Waals surface area contributed by atoms with Crippen molar-refractivity contribution in [1.29, 1.82) is 0 Å². The van der Waals surface area contributed by atoms with Gasteiger partial charge in [-0.25, -0.2) is 9.78 Å². The molecule has 25 heteroatoms. The van der Waals surface area contributed by atoms with Crippen LogP contribution in [0.3, 0.4) is 0 Å². The molecule has 360 valence electrons. The Kier molecular flexibility index (Phi) is 28.4. The molecule has 6 amide bonds. The molecule has 1 heterocycles. The molecule has 1 rings (SSSR count). The Hall–Kier alpha value is -4.86. The van der Waals surface area contributed by atoms with Crippen LogP contribution in [-0.2, 0) is 40.0 Å². The first-order valence-corrected chi connectivity index (χ1v) is 21.8. The molecule has 27 N–H and O–H groups in total. The largest absolute Gasteiger partial charge is 0.480 e. The van der Waals surface area contributed by atoms with Crippen molar-refractivity contribution in [3.05, 3.63) is 18.2 Å². The third kappa shape index (κ3) is 25.1. The molecular formula is C38H78N17O8+3. The van der Waals surface area contributed by atoms with Gasteiger partial charge >= 0.3 is 5.97 Å². The van der Waals surface area contributed by atoms with E-state index in [1.807, 2.05) is 13.8 Å². The maximum atomic E-state index is 14.1. The first kappa shape index (κ1) is 56.2. The second-order valence-electron chi connectivity index (χ2n) is 16.0. The van der Waals surface area contributed by atoms with E-state index in [0.717, 1.165) is 0 Å². The van der Waals surface area contributed by atoms with E-state index in [-0.39, 0.29) is 51.1 Å². The molecule has 0 aliphatic carbocycles. The highest BCUT2D eigenvalue weighted by molar-refractivity contribution is 5.96. The molecule has 0 aliphatic heterocycles. The van der Waals surface area contributed by atoms with Gasteiger partial charge in [0.2, 0.25) is 29.5 Å². The molecule has 0 saturated heterocycles. The number of hydrogen-bond donors (Lipinski definition) is 17. The van der Waals surface area contributed by atoms with Crippen LogP contribution in [0.2, 0.25) is 0 Å². The summed E-state index contributed by atoms with van der Waals surface area (Å²) in [6, 6.07) is -6.67. The van der Waals surface area contributed by atoms with Crippen molar-refractivity contribution in [2.45, 2.75) is 140 Å². The number of aromatic nitrogens is 2. The Bertz CT molecular complexity index is 1520. The Labute approximate surface area is 368 Å². The molecule has 0 fully saturated rings. The first-order chi connectivity index (χ1) is 29.9. The van der Waals surface area contributed by atoms with Crippen LogP contribution in [0.25, 0.3) is 0 Å². The molecule has 0 unspecified atom stereocenters. The number of aliphatic carboxylic acids is 1. The highest BCUT2D eigenvalue weighted by atomic mass is 16.4. The number of nitrogens with zero attached hydrogens (tertiary/aromatic N) is 1. The van der Waals surface area contributed by atoms with Crippen LogP contribution in [0, 0.1) is 5.92 Å². The van der Waals surface area contributed by atoms with Gasteiger partial charge in [-0.1, -0.05) is 13.8 Å². The van der Waals surface area contributed by atoms with Gasteiger partial charge in [-0.15, -0.1) is 0 Å². The van der Waals surface area contributed by atoms with Crippen LogP contribution in [-0.4, -0.2) is 138 Å². The number of aromatic amines is 1. The lowest BCUT2D eigenvalue weighted by atomic mass is 10.0. The normalized spacial score (nSPS) is 14.3. The Morgan fingerprint density at radius 3 is 1.46 bits per heavy atom. The summed E-state index contributed by atoms with van der Waals surface area (Å²) in [6.07, 6.45) is 4.84. The van der Waals surface area contributed by atoms with E-state index in [1.165, 1.54) is 12.5 Å². The molecule has 0 saturated carbocycles. The van der Waals surface area contributed by atoms with Gasteiger partial charge in [-0.3, -0.25) is 39.4 Å². The summed E-state index contributed by atoms with van der Waals surface area (Å²) in [7, 11) is 0. The number of imidazole rings is 1. The van der Waals surface area contributed by atoms with Crippen molar-refractivity contribution >= 4 is 41.4 Å². The Balaban J connectivity index is 3.35. The summed E-state index contributed by atoms with van der Waals surface area (Å²) in [5, 5.41) is 31.5.